The van der Waals surface area contributed by atoms with Gasteiger partial charge < -0.3 is 5.11 Å². The fourth-order valence-corrected chi connectivity index (χ4v) is 3.61. The highest BCUT2D eigenvalue weighted by Gasteiger charge is 2.47. The van der Waals surface area contributed by atoms with Crippen molar-refractivity contribution in [2.24, 2.45) is 0 Å². The van der Waals surface area contributed by atoms with E-state index in [1.54, 1.807) is 0 Å². The van der Waals surface area contributed by atoms with E-state index in [2.05, 4.69) is 10.3 Å². The largest absolute Gasteiger partial charge is 0.505 e. The normalized spacial score (nSPS) is 19.3. The zero-order valence-electron chi connectivity index (χ0n) is 16.6. The molecule has 8 nitrogen and oxygen atoms in total. The summed E-state index contributed by atoms with van der Waals surface area (Å²) in [6.07, 6.45) is -4.61. The van der Waals surface area contributed by atoms with E-state index >= 15 is 0 Å². The zero-order valence-corrected chi connectivity index (χ0v) is 18.1. The molecule has 0 aliphatic carbocycles. The van der Waals surface area contributed by atoms with E-state index in [9.17, 15) is 32.7 Å². The molecule has 0 radical (unpaired) electrons. The lowest BCUT2D eigenvalue weighted by Gasteiger charge is -2.36. The van der Waals surface area contributed by atoms with Gasteiger partial charge in [0.25, 0.3) is 0 Å². The molecule has 0 bridgehead atoms. The first-order chi connectivity index (χ1) is 14.8. The van der Waals surface area contributed by atoms with Crippen molar-refractivity contribution in [2.75, 3.05) is 26.1 Å². The first-order valence-electron chi connectivity index (χ1n) is 8.94. The van der Waals surface area contributed by atoms with Gasteiger partial charge in [0, 0.05) is 13.2 Å². The molecular weight excluding hydrogens is 476 g/mol. The van der Waals surface area contributed by atoms with Crippen LogP contribution in [0.2, 0.25) is 10.0 Å². The summed E-state index contributed by atoms with van der Waals surface area (Å²) < 4.78 is 37.9. The molecule has 0 spiro atoms. The average Bonchev–Trinajstić information content (AvgIpc) is 2.69. The molecule has 3 rings (SSSR count). The topological polar surface area (TPSA) is 99.6 Å². The summed E-state index contributed by atoms with van der Waals surface area (Å²) in [7, 11) is 2.75. The lowest BCUT2D eigenvalue weighted by molar-refractivity contribution is -0.763. The van der Waals surface area contributed by atoms with E-state index in [1.807, 2.05) is 0 Å². The van der Waals surface area contributed by atoms with Crippen LogP contribution in [-0.4, -0.2) is 58.1 Å². The summed E-state index contributed by atoms with van der Waals surface area (Å²) in [5, 5.41) is 12.6. The van der Waals surface area contributed by atoms with Gasteiger partial charge in [-0.3, -0.25) is 20.0 Å². The van der Waals surface area contributed by atoms with Gasteiger partial charge in [-0.2, -0.15) is 17.7 Å². The van der Waals surface area contributed by atoms with E-state index < -0.39 is 51.3 Å². The Morgan fingerprint density at radius 1 is 1.25 bits per heavy atom. The van der Waals surface area contributed by atoms with Gasteiger partial charge in [0.1, 0.15) is 12.2 Å². The van der Waals surface area contributed by atoms with E-state index in [-0.39, 0.29) is 28.6 Å². The second kappa shape index (κ2) is 8.23. The standard InChI is InChI=1S/C19H15Cl2F3N4O4/c1-27-8-28(2,14(30)6-13(27)29)18(32)26-12-4-3-10(20)15(17(12)31)16-11(21)5-9(7-25-16)19(22,23)24/h3-5,7H,6,8H2,1-2H3,(H-,25,26,31,32)/p+1. The van der Waals surface area contributed by atoms with E-state index in [1.165, 1.54) is 31.1 Å². The minimum Gasteiger partial charge on any atom is -0.505 e. The van der Waals surface area contributed by atoms with Crippen LogP contribution in [0.15, 0.2) is 24.4 Å². The van der Waals surface area contributed by atoms with Crippen molar-refractivity contribution < 1.29 is 37.1 Å². The number of amides is 4. The van der Waals surface area contributed by atoms with Gasteiger partial charge in [-0.25, -0.2) is 9.59 Å². The number of aromatic hydroxyl groups is 1. The van der Waals surface area contributed by atoms with E-state index in [4.69, 9.17) is 23.2 Å². The quantitative estimate of drug-likeness (QED) is 0.374. The average molecular weight is 492 g/mol. The molecule has 13 heteroatoms. The number of alkyl halides is 3. The van der Waals surface area contributed by atoms with Gasteiger partial charge in [-0.15, -0.1) is 0 Å². The number of hydrogen-bond acceptors (Lipinski definition) is 5. The molecule has 32 heavy (non-hydrogen) atoms. The molecule has 2 aromatic rings. The number of phenolic OH excluding ortho intramolecular Hbond substituents is 1. The number of anilines is 1. The summed E-state index contributed by atoms with van der Waals surface area (Å²) in [6.45, 7) is -0.225. The Morgan fingerprint density at radius 3 is 2.50 bits per heavy atom. The number of phenols is 1. The van der Waals surface area contributed by atoms with Gasteiger partial charge in [-0.1, -0.05) is 23.2 Å². The number of carbonyl (C=O) groups excluding carboxylic acids is 3. The van der Waals surface area contributed by atoms with Crippen LogP contribution < -0.4 is 5.32 Å². The number of imide groups is 1. The lowest BCUT2D eigenvalue weighted by Crippen LogP contribution is -2.64. The predicted molar refractivity (Wildman–Crippen MR) is 109 cm³/mol. The van der Waals surface area contributed by atoms with Crippen molar-refractivity contribution >= 4 is 46.7 Å². The van der Waals surface area contributed by atoms with Crippen LogP contribution in [0.1, 0.15) is 12.0 Å². The Kier molecular flexibility index (Phi) is 6.11. The van der Waals surface area contributed by atoms with Crippen molar-refractivity contribution in [1.82, 2.24) is 9.88 Å². The molecule has 170 valence electrons. The Labute approximate surface area is 189 Å². The molecule has 1 unspecified atom stereocenters. The third-order valence-electron chi connectivity index (χ3n) is 5.00. The Bertz CT molecular complexity index is 1140. The predicted octanol–water partition coefficient (Wildman–Crippen LogP) is 4.10. The van der Waals surface area contributed by atoms with Crippen molar-refractivity contribution in [3.8, 4) is 17.0 Å². The molecule has 1 aliphatic rings. The number of rotatable bonds is 2. The SMILES string of the molecule is CN1C[N+](C)(C(=O)Nc2ccc(Cl)c(-c3ncc(C(F)(F)F)cc3Cl)c2O)C(=O)CC1=O. The van der Waals surface area contributed by atoms with Gasteiger partial charge in [-0.05, 0) is 18.2 Å². The molecular formula is C19H16Cl2F3N4O4+. The number of carbonyl (C=O) groups is 3. The molecule has 1 saturated heterocycles. The number of halogens is 5. The number of nitrogens with zero attached hydrogens (tertiary/aromatic N) is 3. The summed E-state index contributed by atoms with van der Waals surface area (Å²) >= 11 is 12.1. The molecule has 2 heterocycles. The first kappa shape index (κ1) is 23.8. The maximum atomic E-state index is 12.9. The summed E-state index contributed by atoms with van der Waals surface area (Å²) in [5.74, 6) is -1.69. The number of aromatic nitrogens is 1. The van der Waals surface area contributed by atoms with Crippen molar-refractivity contribution in [1.29, 1.82) is 0 Å². The van der Waals surface area contributed by atoms with Gasteiger partial charge in [0.15, 0.2) is 6.67 Å². The number of urea groups is 1. The number of benzene rings is 1. The van der Waals surface area contributed by atoms with Gasteiger partial charge in [0.2, 0.25) is 5.91 Å². The molecule has 1 fully saturated rings. The smallest absolute Gasteiger partial charge is 0.429 e. The van der Waals surface area contributed by atoms with Gasteiger partial charge >= 0.3 is 18.1 Å². The Balaban J connectivity index is 1.98. The monoisotopic (exact) mass is 491 g/mol. The highest BCUT2D eigenvalue weighted by atomic mass is 35.5. The summed E-state index contributed by atoms with van der Waals surface area (Å²) in [4.78, 5) is 41.8. The third kappa shape index (κ3) is 4.23. The number of pyridine rings is 1. The first-order valence-corrected chi connectivity index (χ1v) is 9.70. The van der Waals surface area contributed by atoms with Gasteiger partial charge in [0.05, 0.1) is 39.6 Å². The highest BCUT2D eigenvalue weighted by molar-refractivity contribution is 6.36. The van der Waals surface area contributed by atoms with Crippen LogP contribution in [0.25, 0.3) is 11.3 Å². The van der Waals surface area contributed by atoms with Crippen molar-refractivity contribution in [3.63, 3.8) is 0 Å². The lowest BCUT2D eigenvalue weighted by atomic mass is 10.1. The maximum Gasteiger partial charge on any atom is 0.429 e. The summed E-state index contributed by atoms with van der Waals surface area (Å²) in [6, 6.07) is 2.31. The fourth-order valence-electron chi connectivity index (χ4n) is 3.11. The zero-order chi connectivity index (χ0) is 24.0. The van der Waals surface area contributed by atoms with Crippen LogP contribution in [-0.2, 0) is 15.8 Å². The van der Waals surface area contributed by atoms with Crippen LogP contribution >= 0.6 is 23.2 Å². The molecule has 2 N–H and O–H groups in total. The molecule has 1 aromatic carbocycles. The Morgan fingerprint density at radius 2 is 1.91 bits per heavy atom. The van der Waals surface area contributed by atoms with E-state index in [0.29, 0.717) is 12.3 Å². The second-order valence-corrected chi connectivity index (χ2v) is 8.11. The number of quaternary nitrogens is 1. The minimum atomic E-state index is -4.68. The molecule has 1 atom stereocenters. The van der Waals surface area contributed by atoms with E-state index in [0.717, 1.165) is 0 Å². The highest BCUT2D eigenvalue weighted by Crippen LogP contribution is 2.44. The minimum absolute atomic E-state index is 0.0885. The summed E-state index contributed by atoms with van der Waals surface area (Å²) in [5.41, 5.74) is -1.72. The number of hydrogen-bond donors (Lipinski definition) is 2. The molecule has 4 amide bonds. The van der Waals surface area contributed by atoms with Crippen LogP contribution in [0.4, 0.5) is 23.7 Å². The molecule has 1 aromatic heterocycles. The van der Waals surface area contributed by atoms with Crippen LogP contribution in [0.5, 0.6) is 5.75 Å². The van der Waals surface area contributed by atoms with Crippen molar-refractivity contribution in [2.45, 2.75) is 12.6 Å². The molecule has 1 aliphatic heterocycles. The molecule has 0 saturated carbocycles. The third-order valence-corrected chi connectivity index (χ3v) is 5.60. The van der Waals surface area contributed by atoms with Crippen LogP contribution in [0, 0.1) is 0 Å². The second-order valence-electron chi connectivity index (χ2n) is 7.30. The Hall–Kier alpha value is -2.89. The fraction of sp³-hybridized carbons (Fsp3) is 0.263. The maximum absolute atomic E-state index is 12.9. The van der Waals surface area contributed by atoms with Crippen molar-refractivity contribution in [3.05, 3.63) is 40.0 Å². The van der Waals surface area contributed by atoms with Crippen LogP contribution in [0.3, 0.4) is 0 Å². The number of nitrogens with one attached hydrogen (secondary N) is 1.